The zero-order valence-corrected chi connectivity index (χ0v) is 13.8. The van der Waals surface area contributed by atoms with Crippen LogP contribution in [0, 0.1) is 9.39 Å². The minimum Gasteiger partial charge on any atom is -0.334 e. The summed E-state index contributed by atoms with van der Waals surface area (Å²) in [5, 5.41) is 3.35. The van der Waals surface area contributed by atoms with Crippen molar-refractivity contribution in [2.24, 2.45) is 0 Å². The highest BCUT2D eigenvalue weighted by Crippen LogP contribution is 2.20. The van der Waals surface area contributed by atoms with Crippen LogP contribution in [0.4, 0.5) is 4.39 Å². The first-order chi connectivity index (χ1) is 9.63. The molecule has 1 aromatic carbocycles. The normalized spacial score (nSPS) is 18.9. The van der Waals surface area contributed by atoms with Crippen LogP contribution < -0.4 is 5.32 Å². The van der Waals surface area contributed by atoms with Crippen molar-refractivity contribution in [3.8, 4) is 0 Å². The smallest absolute Gasteiger partial charge is 0.255 e. The quantitative estimate of drug-likeness (QED) is 0.802. The van der Waals surface area contributed by atoms with Crippen molar-refractivity contribution in [2.45, 2.75) is 32.2 Å². The van der Waals surface area contributed by atoms with Gasteiger partial charge in [0.1, 0.15) is 5.82 Å². The lowest BCUT2D eigenvalue weighted by Gasteiger charge is -2.35. The number of carbonyl (C=O) groups excluding carboxylic acids is 1. The van der Waals surface area contributed by atoms with Gasteiger partial charge >= 0.3 is 0 Å². The molecule has 110 valence electrons. The molecule has 0 saturated carbocycles. The highest BCUT2D eigenvalue weighted by atomic mass is 127. The molecule has 0 aromatic heterocycles. The molecule has 0 aliphatic carbocycles. The van der Waals surface area contributed by atoms with E-state index in [1.54, 1.807) is 6.07 Å². The second-order valence-electron chi connectivity index (χ2n) is 5.12. The maximum Gasteiger partial charge on any atom is 0.255 e. The molecule has 1 aromatic rings. The third-order valence-corrected chi connectivity index (χ3v) is 4.49. The zero-order valence-electron chi connectivity index (χ0n) is 11.7. The van der Waals surface area contributed by atoms with Crippen LogP contribution in [0.5, 0.6) is 0 Å². The fourth-order valence-corrected chi connectivity index (χ4v) is 3.32. The number of halogens is 2. The topological polar surface area (TPSA) is 32.3 Å². The maximum atomic E-state index is 13.2. The first-order valence-electron chi connectivity index (χ1n) is 7.10. The van der Waals surface area contributed by atoms with Gasteiger partial charge in [-0.1, -0.05) is 6.92 Å². The van der Waals surface area contributed by atoms with Gasteiger partial charge in [0.25, 0.3) is 5.91 Å². The van der Waals surface area contributed by atoms with E-state index >= 15 is 0 Å². The van der Waals surface area contributed by atoms with E-state index < -0.39 is 0 Å². The number of benzene rings is 1. The molecule has 1 unspecified atom stereocenters. The Morgan fingerprint density at radius 3 is 2.95 bits per heavy atom. The Labute approximate surface area is 133 Å². The lowest BCUT2D eigenvalue weighted by molar-refractivity contribution is 0.0648. The first kappa shape index (κ1) is 15.7. The molecule has 1 amide bonds. The molecule has 2 rings (SSSR count). The van der Waals surface area contributed by atoms with Gasteiger partial charge in [0.05, 0.1) is 5.56 Å². The van der Waals surface area contributed by atoms with Crippen molar-refractivity contribution >= 4 is 28.5 Å². The predicted molar refractivity (Wildman–Crippen MR) is 86.3 cm³/mol. The number of hydrogen-bond acceptors (Lipinski definition) is 2. The molecular weight excluding hydrogens is 370 g/mol. The Kier molecular flexibility index (Phi) is 5.77. The molecule has 0 bridgehead atoms. The standard InChI is InChI=1S/C15H20FIN2O/c1-2-8-19(12-4-3-7-18-10-12)15(20)13-6-5-11(16)9-14(13)17/h5-6,9,12,18H,2-4,7-8,10H2,1H3. The second kappa shape index (κ2) is 7.36. The van der Waals surface area contributed by atoms with Gasteiger partial charge in [0, 0.05) is 22.7 Å². The Morgan fingerprint density at radius 2 is 2.35 bits per heavy atom. The summed E-state index contributed by atoms with van der Waals surface area (Å²) < 4.78 is 13.9. The molecule has 1 aliphatic rings. The van der Waals surface area contributed by atoms with E-state index in [9.17, 15) is 9.18 Å². The van der Waals surface area contributed by atoms with Crippen molar-refractivity contribution in [3.05, 3.63) is 33.1 Å². The van der Waals surface area contributed by atoms with E-state index in [2.05, 4.69) is 12.2 Å². The number of nitrogens with one attached hydrogen (secondary N) is 1. The van der Waals surface area contributed by atoms with Gasteiger partial charge in [0.15, 0.2) is 0 Å². The summed E-state index contributed by atoms with van der Waals surface area (Å²) in [7, 11) is 0. The minimum absolute atomic E-state index is 0.0185. The highest BCUT2D eigenvalue weighted by Gasteiger charge is 2.26. The number of carbonyl (C=O) groups is 1. The summed E-state index contributed by atoms with van der Waals surface area (Å²) in [5.74, 6) is -0.280. The second-order valence-corrected chi connectivity index (χ2v) is 6.29. The third kappa shape index (κ3) is 3.69. The lowest BCUT2D eigenvalue weighted by atomic mass is 10.0. The van der Waals surface area contributed by atoms with E-state index in [4.69, 9.17) is 0 Å². The third-order valence-electron chi connectivity index (χ3n) is 3.60. The summed E-state index contributed by atoms with van der Waals surface area (Å²) in [6.45, 7) is 4.70. The van der Waals surface area contributed by atoms with Crippen molar-refractivity contribution in [3.63, 3.8) is 0 Å². The van der Waals surface area contributed by atoms with Gasteiger partial charge in [-0.3, -0.25) is 4.79 Å². The summed E-state index contributed by atoms with van der Waals surface area (Å²) in [6.07, 6.45) is 3.06. The van der Waals surface area contributed by atoms with Gasteiger partial charge in [0.2, 0.25) is 0 Å². The number of nitrogens with zero attached hydrogens (tertiary/aromatic N) is 1. The monoisotopic (exact) mass is 390 g/mol. The van der Waals surface area contributed by atoms with Crippen molar-refractivity contribution in [2.75, 3.05) is 19.6 Å². The summed E-state index contributed by atoms with van der Waals surface area (Å²) in [5.41, 5.74) is 0.603. The molecule has 1 atom stereocenters. The Morgan fingerprint density at radius 1 is 1.55 bits per heavy atom. The van der Waals surface area contributed by atoms with Crippen LogP contribution in [0.1, 0.15) is 36.5 Å². The molecule has 1 N–H and O–H groups in total. The number of piperidine rings is 1. The van der Waals surface area contributed by atoms with Crippen LogP contribution in [0.3, 0.4) is 0 Å². The lowest BCUT2D eigenvalue weighted by Crippen LogP contribution is -2.49. The van der Waals surface area contributed by atoms with E-state index in [1.807, 2.05) is 27.5 Å². The van der Waals surface area contributed by atoms with Gasteiger partial charge in [-0.05, 0) is 66.6 Å². The van der Waals surface area contributed by atoms with Crippen molar-refractivity contribution in [1.82, 2.24) is 10.2 Å². The van der Waals surface area contributed by atoms with E-state index in [0.29, 0.717) is 9.13 Å². The van der Waals surface area contributed by atoms with Gasteiger partial charge in [-0.25, -0.2) is 4.39 Å². The molecule has 5 heteroatoms. The van der Waals surface area contributed by atoms with Crippen molar-refractivity contribution in [1.29, 1.82) is 0 Å². The fourth-order valence-electron chi connectivity index (χ4n) is 2.61. The molecule has 1 fully saturated rings. The molecule has 3 nitrogen and oxygen atoms in total. The highest BCUT2D eigenvalue weighted by molar-refractivity contribution is 14.1. The Balaban J connectivity index is 2.21. The van der Waals surface area contributed by atoms with Crippen LogP contribution in [-0.2, 0) is 0 Å². The molecule has 20 heavy (non-hydrogen) atoms. The van der Waals surface area contributed by atoms with Crippen LogP contribution in [-0.4, -0.2) is 36.5 Å². The minimum atomic E-state index is -0.299. The molecule has 1 aliphatic heterocycles. The molecule has 1 heterocycles. The molecule has 0 radical (unpaired) electrons. The van der Waals surface area contributed by atoms with Crippen LogP contribution in [0.2, 0.25) is 0 Å². The number of rotatable bonds is 4. The van der Waals surface area contributed by atoms with Gasteiger partial charge < -0.3 is 10.2 Å². The average Bonchev–Trinajstić information content (AvgIpc) is 2.45. The molecule has 0 spiro atoms. The van der Waals surface area contributed by atoms with Crippen molar-refractivity contribution < 1.29 is 9.18 Å². The van der Waals surface area contributed by atoms with E-state index in [1.165, 1.54) is 12.1 Å². The SMILES string of the molecule is CCCN(C(=O)c1ccc(F)cc1I)C1CCCNC1. The maximum absolute atomic E-state index is 13.2. The molecule has 1 saturated heterocycles. The zero-order chi connectivity index (χ0) is 14.5. The van der Waals surface area contributed by atoms with Gasteiger partial charge in [-0.15, -0.1) is 0 Å². The first-order valence-corrected chi connectivity index (χ1v) is 8.18. The summed E-state index contributed by atoms with van der Waals surface area (Å²) in [4.78, 5) is 14.7. The Bertz CT molecular complexity index is 475. The number of amides is 1. The van der Waals surface area contributed by atoms with Crippen LogP contribution >= 0.6 is 22.6 Å². The summed E-state index contributed by atoms with van der Waals surface area (Å²) in [6, 6.07) is 4.62. The van der Waals surface area contributed by atoms with Crippen LogP contribution in [0.25, 0.3) is 0 Å². The van der Waals surface area contributed by atoms with Gasteiger partial charge in [-0.2, -0.15) is 0 Å². The average molecular weight is 390 g/mol. The van der Waals surface area contributed by atoms with E-state index in [0.717, 1.165) is 38.9 Å². The predicted octanol–water partition coefficient (Wildman–Crippen LogP) is 3.03. The fraction of sp³-hybridized carbons (Fsp3) is 0.533. The summed E-state index contributed by atoms with van der Waals surface area (Å²) >= 11 is 2.03. The van der Waals surface area contributed by atoms with Crippen LogP contribution in [0.15, 0.2) is 18.2 Å². The molecular formula is C15H20FIN2O. The largest absolute Gasteiger partial charge is 0.334 e. The Hall–Kier alpha value is -0.690. The number of hydrogen-bond donors (Lipinski definition) is 1. The van der Waals surface area contributed by atoms with E-state index in [-0.39, 0.29) is 17.8 Å².